The first kappa shape index (κ1) is 17.8. The molecule has 0 spiro atoms. The summed E-state index contributed by atoms with van der Waals surface area (Å²) in [4.78, 5) is 22.5. The lowest BCUT2D eigenvalue weighted by molar-refractivity contribution is -0.127. The van der Waals surface area contributed by atoms with Crippen molar-refractivity contribution in [2.45, 2.75) is 27.2 Å². The summed E-state index contributed by atoms with van der Waals surface area (Å²) in [6.45, 7) is 5.17. The Morgan fingerprint density at radius 3 is 2.33 bits per heavy atom. The quantitative estimate of drug-likeness (QED) is 0.833. The number of ether oxygens (including phenoxy) is 1. The van der Waals surface area contributed by atoms with Crippen LogP contribution in [0.2, 0.25) is 5.02 Å². The second-order valence-electron chi connectivity index (χ2n) is 5.53. The van der Waals surface area contributed by atoms with Crippen molar-refractivity contribution in [1.29, 1.82) is 0 Å². The number of hydrogen-bond donors (Lipinski definition) is 2. The van der Waals surface area contributed by atoms with Gasteiger partial charge < -0.3 is 4.74 Å². The molecule has 0 radical (unpaired) electrons. The van der Waals surface area contributed by atoms with E-state index in [1.165, 1.54) is 6.92 Å². The molecule has 0 unspecified atom stereocenters. The average Bonchev–Trinajstić information content (AvgIpc) is 2.51. The van der Waals surface area contributed by atoms with E-state index in [0.29, 0.717) is 11.5 Å². The molecule has 5 nitrogen and oxygen atoms in total. The highest BCUT2D eigenvalue weighted by atomic mass is 35.5. The molecule has 0 aliphatic carbocycles. The van der Waals surface area contributed by atoms with Crippen LogP contribution in [0.5, 0.6) is 11.5 Å². The first-order valence-electron chi connectivity index (χ1n) is 7.44. The molecule has 0 atom stereocenters. The fraction of sp³-hybridized carbons (Fsp3) is 0.222. The predicted molar refractivity (Wildman–Crippen MR) is 93.1 cm³/mol. The van der Waals surface area contributed by atoms with E-state index < -0.39 is 0 Å². The summed E-state index contributed by atoms with van der Waals surface area (Å²) < 4.78 is 5.86. The summed E-state index contributed by atoms with van der Waals surface area (Å²) in [6, 6.07) is 11.0. The molecule has 0 aliphatic heterocycles. The van der Waals surface area contributed by atoms with E-state index in [2.05, 4.69) is 10.9 Å². The van der Waals surface area contributed by atoms with E-state index >= 15 is 0 Å². The number of amides is 2. The Kier molecular flexibility index (Phi) is 5.82. The van der Waals surface area contributed by atoms with E-state index in [-0.39, 0.29) is 18.2 Å². The standard InChI is InChI=1S/C18H19ClN2O3/c1-11-7-16(8-12(2)18(11)19)24-15-6-4-5-14(9-15)10-17(23)21-20-13(3)22/h4-9H,10H2,1-3H3,(H,20,22)(H,21,23). The molecule has 2 N–H and O–H groups in total. The topological polar surface area (TPSA) is 67.4 Å². The minimum atomic E-state index is -0.325. The second kappa shape index (κ2) is 7.84. The number of carbonyl (C=O) groups is 2. The molecule has 126 valence electrons. The zero-order valence-corrected chi connectivity index (χ0v) is 14.5. The van der Waals surface area contributed by atoms with Crippen LogP contribution in [0.15, 0.2) is 36.4 Å². The minimum absolute atomic E-state index is 0.135. The van der Waals surface area contributed by atoms with Gasteiger partial charge in [-0.15, -0.1) is 0 Å². The molecule has 6 heteroatoms. The number of hydrogen-bond acceptors (Lipinski definition) is 3. The molecule has 2 amide bonds. The summed E-state index contributed by atoms with van der Waals surface area (Å²) in [5.74, 6) is 0.685. The molecule has 0 saturated heterocycles. The number of benzene rings is 2. The molecule has 0 aliphatic rings. The molecule has 24 heavy (non-hydrogen) atoms. The van der Waals surface area contributed by atoms with Crippen LogP contribution < -0.4 is 15.6 Å². The van der Waals surface area contributed by atoms with Crippen LogP contribution in [-0.4, -0.2) is 11.8 Å². The van der Waals surface area contributed by atoms with Gasteiger partial charge in [0.2, 0.25) is 11.8 Å². The summed E-state index contributed by atoms with van der Waals surface area (Å²) in [5.41, 5.74) is 7.24. The maximum absolute atomic E-state index is 11.7. The van der Waals surface area contributed by atoms with Crippen molar-refractivity contribution in [3.8, 4) is 11.5 Å². The highest BCUT2D eigenvalue weighted by molar-refractivity contribution is 6.32. The van der Waals surface area contributed by atoms with E-state index in [9.17, 15) is 9.59 Å². The third-order valence-corrected chi connectivity index (χ3v) is 3.88. The van der Waals surface area contributed by atoms with E-state index in [1.807, 2.05) is 44.2 Å². The lowest BCUT2D eigenvalue weighted by Gasteiger charge is -2.11. The van der Waals surface area contributed by atoms with Gasteiger partial charge in [0.1, 0.15) is 11.5 Å². The van der Waals surface area contributed by atoms with Crippen molar-refractivity contribution in [1.82, 2.24) is 10.9 Å². The van der Waals surface area contributed by atoms with Crippen LogP contribution in [0.1, 0.15) is 23.6 Å². The number of carbonyl (C=O) groups excluding carboxylic acids is 2. The van der Waals surface area contributed by atoms with Crippen LogP contribution in [0.4, 0.5) is 0 Å². The van der Waals surface area contributed by atoms with Gasteiger partial charge in [0.05, 0.1) is 6.42 Å². The van der Waals surface area contributed by atoms with Gasteiger partial charge in [-0.2, -0.15) is 0 Å². The van der Waals surface area contributed by atoms with E-state index in [1.54, 1.807) is 6.07 Å². The molecule has 0 bridgehead atoms. The zero-order chi connectivity index (χ0) is 17.7. The number of hydrazine groups is 1. The fourth-order valence-corrected chi connectivity index (χ4v) is 2.32. The van der Waals surface area contributed by atoms with Crippen LogP contribution in [0.3, 0.4) is 0 Å². The molecule has 0 fully saturated rings. The summed E-state index contributed by atoms with van der Waals surface area (Å²) >= 11 is 6.16. The molecular weight excluding hydrogens is 328 g/mol. The van der Waals surface area contributed by atoms with E-state index in [0.717, 1.165) is 21.7 Å². The monoisotopic (exact) mass is 346 g/mol. The Labute approximate surface area is 145 Å². The Morgan fingerprint density at radius 1 is 1.04 bits per heavy atom. The van der Waals surface area contributed by atoms with Gasteiger partial charge in [0.25, 0.3) is 0 Å². The highest BCUT2D eigenvalue weighted by Gasteiger charge is 2.07. The molecule has 2 rings (SSSR count). The first-order valence-corrected chi connectivity index (χ1v) is 7.82. The van der Waals surface area contributed by atoms with Gasteiger partial charge in [-0.1, -0.05) is 23.7 Å². The van der Waals surface area contributed by atoms with Crippen LogP contribution >= 0.6 is 11.6 Å². The van der Waals surface area contributed by atoms with Crippen molar-refractivity contribution in [3.63, 3.8) is 0 Å². The number of halogens is 1. The van der Waals surface area contributed by atoms with Crippen molar-refractivity contribution < 1.29 is 14.3 Å². The number of nitrogens with one attached hydrogen (secondary N) is 2. The van der Waals surface area contributed by atoms with Gasteiger partial charge in [-0.25, -0.2) is 0 Å². The van der Waals surface area contributed by atoms with Crippen molar-refractivity contribution in [2.24, 2.45) is 0 Å². The first-order chi connectivity index (χ1) is 11.3. The van der Waals surface area contributed by atoms with Gasteiger partial charge >= 0.3 is 0 Å². The number of rotatable bonds is 4. The van der Waals surface area contributed by atoms with Gasteiger partial charge in [0, 0.05) is 11.9 Å². The van der Waals surface area contributed by atoms with Gasteiger partial charge in [-0.3, -0.25) is 20.4 Å². The summed E-state index contributed by atoms with van der Waals surface area (Å²) in [6.07, 6.45) is 0.135. The summed E-state index contributed by atoms with van der Waals surface area (Å²) in [7, 11) is 0. The third kappa shape index (κ3) is 4.99. The SMILES string of the molecule is CC(=O)NNC(=O)Cc1cccc(Oc2cc(C)c(Cl)c(C)c2)c1. The molecular formula is C18H19ClN2O3. The molecule has 0 heterocycles. The molecule has 2 aromatic rings. The second-order valence-corrected chi connectivity index (χ2v) is 5.90. The van der Waals surface area contributed by atoms with Crippen molar-refractivity contribution >= 4 is 23.4 Å². The average molecular weight is 347 g/mol. The molecule has 0 aromatic heterocycles. The van der Waals surface area contributed by atoms with Crippen LogP contribution in [-0.2, 0) is 16.0 Å². The van der Waals surface area contributed by atoms with Gasteiger partial charge in [0.15, 0.2) is 0 Å². The van der Waals surface area contributed by atoms with Crippen LogP contribution in [0, 0.1) is 13.8 Å². The maximum atomic E-state index is 11.7. The maximum Gasteiger partial charge on any atom is 0.242 e. The third-order valence-electron chi connectivity index (χ3n) is 3.29. The highest BCUT2D eigenvalue weighted by Crippen LogP contribution is 2.29. The zero-order valence-electron chi connectivity index (χ0n) is 13.8. The smallest absolute Gasteiger partial charge is 0.242 e. The largest absolute Gasteiger partial charge is 0.457 e. The molecule has 2 aromatic carbocycles. The Bertz CT molecular complexity index is 752. The van der Waals surface area contributed by atoms with Gasteiger partial charge in [-0.05, 0) is 54.8 Å². The van der Waals surface area contributed by atoms with Crippen molar-refractivity contribution in [2.75, 3.05) is 0 Å². The Hall–Kier alpha value is -2.53. The minimum Gasteiger partial charge on any atom is -0.457 e. The fourth-order valence-electron chi connectivity index (χ4n) is 2.21. The van der Waals surface area contributed by atoms with E-state index in [4.69, 9.17) is 16.3 Å². The Morgan fingerprint density at radius 2 is 1.71 bits per heavy atom. The lowest BCUT2D eigenvalue weighted by Crippen LogP contribution is -2.41. The lowest BCUT2D eigenvalue weighted by atomic mass is 10.1. The van der Waals surface area contributed by atoms with Crippen molar-refractivity contribution in [3.05, 3.63) is 58.1 Å². The Balaban J connectivity index is 2.07. The predicted octanol–water partition coefficient (Wildman–Crippen LogP) is 3.46. The van der Waals surface area contributed by atoms with Crippen LogP contribution in [0.25, 0.3) is 0 Å². The number of aryl methyl sites for hydroxylation is 2. The molecule has 0 saturated carbocycles. The normalized spacial score (nSPS) is 10.2. The summed E-state index contributed by atoms with van der Waals surface area (Å²) in [5, 5.41) is 0.728.